The van der Waals surface area contributed by atoms with Crippen molar-refractivity contribution in [2.45, 2.75) is 20.8 Å². The molecule has 0 aromatic heterocycles. The summed E-state index contributed by atoms with van der Waals surface area (Å²) >= 11 is 0. The first kappa shape index (κ1) is 13.8. The van der Waals surface area contributed by atoms with Gasteiger partial charge in [0.25, 0.3) is 0 Å². The van der Waals surface area contributed by atoms with Crippen molar-refractivity contribution in [3.63, 3.8) is 0 Å². The van der Waals surface area contributed by atoms with E-state index in [9.17, 15) is 0 Å². The van der Waals surface area contributed by atoms with E-state index in [4.69, 9.17) is 16.7 Å². The van der Waals surface area contributed by atoms with E-state index < -0.39 is 5.41 Å². The number of nitriles is 1. The van der Waals surface area contributed by atoms with Crippen molar-refractivity contribution in [1.29, 1.82) is 5.26 Å². The maximum atomic E-state index is 8.95. The Bertz CT molecular complexity index is 516. The van der Waals surface area contributed by atoms with E-state index >= 15 is 0 Å². The molecule has 0 heterocycles. The monoisotopic (exact) mass is 242 g/mol. The number of benzene rings is 1. The molecule has 0 saturated carbocycles. The molecule has 0 amide bonds. The predicted molar refractivity (Wildman–Crippen MR) is 74.1 cm³/mol. The number of aryl methyl sites for hydroxylation is 1. The lowest BCUT2D eigenvalue weighted by Crippen LogP contribution is -2.22. The highest BCUT2D eigenvalue weighted by Crippen LogP contribution is 2.20. The summed E-state index contributed by atoms with van der Waals surface area (Å²) in [6, 6.07) is 9.78. The molecule has 0 aliphatic rings. The van der Waals surface area contributed by atoms with E-state index in [0.29, 0.717) is 11.5 Å². The number of rotatable bonds is 3. The number of amidine groups is 1. The van der Waals surface area contributed by atoms with Gasteiger partial charge >= 0.3 is 0 Å². The molecule has 0 aliphatic carbocycles. The van der Waals surface area contributed by atoms with E-state index in [0.717, 1.165) is 11.3 Å². The lowest BCUT2D eigenvalue weighted by Gasteiger charge is -2.15. The molecule has 0 fully saturated rings. The van der Waals surface area contributed by atoms with Crippen LogP contribution in [-0.4, -0.2) is 5.84 Å². The second kappa shape index (κ2) is 5.37. The molecule has 4 N–H and O–H groups in total. The summed E-state index contributed by atoms with van der Waals surface area (Å²) in [5.74, 6) is 0.291. The third-order valence-electron chi connectivity index (χ3n) is 2.60. The maximum Gasteiger partial charge on any atom is 0.125 e. The van der Waals surface area contributed by atoms with Crippen LogP contribution in [0.25, 0.3) is 0 Å². The van der Waals surface area contributed by atoms with Crippen molar-refractivity contribution in [3.05, 3.63) is 41.6 Å². The summed E-state index contributed by atoms with van der Waals surface area (Å²) < 4.78 is 0. The van der Waals surface area contributed by atoms with Gasteiger partial charge in [-0.05, 0) is 32.9 Å². The quantitative estimate of drug-likeness (QED) is 0.630. The second-order valence-corrected chi connectivity index (χ2v) is 4.71. The second-order valence-electron chi connectivity index (χ2n) is 4.71. The Kier molecular flexibility index (Phi) is 4.11. The zero-order valence-electron chi connectivity index (χ0n) is 10.9. The fourth-order valence-corrected chi connectivity index (χ4v) is 1.20. The summed E-state index contributed by atoms with van der Waals surface area (Å²) in [7, 11) is 0. The van der Waals surface area contributed by atoms with Crippen molar-refractivity contribution in [3.8, 4) is 6.07 Å². The Labute approximate surface area is 108 Å². The van der Waals surface area contributed by atoms with Gasteiger partial charge in [-0.15, -0.1) is 0 Å². The Balaban J connectivity index is 2.95. The third-order valence-corrected chi connectivity index (χ3v) is 2.60. The summed E-state index contributed by atoms with van der Waals surface area (Å²) in [5.41, 5.74) is 13.2. The smallest absolute Gasteiger partial charge is 0.125 e. The average Bonchev–Trinajstić information content (AvgIpc) is 2.32. The van der Waals surface area contributed by atoms with Crippen LogP contribution in [0.2, 0.25) is 0 Å². The van der Waals surface area contributed by atoms with Crippen LogP contribution >= 0.6 is 0 Å². The van der Waals surface area contributed by atoms with Crippen LogP contribution in [0, 0.1) is 23.7 Å². The largest absolute Gasteiger partial charge is 0.401 e. The van der Waals surface area contributed by atoms with Crippen LogP contribution < -0.4 is 11.5 Å². The van der Waals surface area contributed by atoms with E-state index in [1.165, 1.54) is 6.08 Å². The number of nitrogens with two attached hydrogens (primary N) is 2. The molecule has 4 heteroatoms. The fourth-order valence-electron chi connectivity index (χ4n) is 1.20. The minimum Gasteiger partial charge on any atom is -0.401 e. The van der Waals surface area contributed by atoms with Gasteiger partial charge in [0.2, 0.25) is 0 Å². The van der Waals surface area contributed by atoms with Gasteiger partial charge in [-0.1, -0.05) is 17.7 Å². The van der Waals surface area contributed by atoms with Crippen LogP contribution in [0.5, 0.6) is 0 Å². The van der Waals surface area contributed by atoms with Gasteiger partial charge in [-0.25, -0.2) is 4.99 Å². The number of hydrogen-bond donors (Lipinski definition) is 2. The predicted octanol–water partition coefficient (Wildman–Crippen LogP) is 2.38. The van der Waals surface area contributed by atoms with E-state index in [-0.39, 0.29) is 0 Å². The first-order chi connectivity index (χ1) is 8.35. The molecule has 0 aliphatic heterocycles. The highest BCUT2D eigenvalue weighted by molar-refractivity contribution is 5.94. The SMILES string of the molecule is Cc1ccc(N=C(N)/C=C(\N)C(C)(C)C#N)cc1. The minimum atomic E-state index is -0.743. The average molecular weight is 242 g/mol. The number of aliphatic imine (C=N–C) groups is 1. The highest BCUT2D eigenvalue weighted by atomic mass is 14.9. The molecule has 0 radical (unpaired) electrons. The molecular formula is C14H18N4. The lowest BCUT2D eigenvalue weighted by molar-refractivity contribution is 0.589. The summed E-state index contributed by atoms with van der Waals surface area (Å²) in [6.07, 6.45) is 1.53. The maximum absolute atomic E-state index is 8.95. The van der Waals surface area contributed by atoms with Crippen molar-refractivity contribution < 1.29 is 0 Å². The summed E-state index contributed by atoms with van der Waals surface area (Å²) in [6.45, 7) is 5.47. The van der Waals surface area contributed by atoms with E-state index in [1.807, 2.05) is 31.2 Å². The molecule has 0 saturated heterocycles. The van der Waals surface area contributed by atoms with E-state index in [2.05, 4.69) is 11.1 Å². The molecular weight excluding hydrogens is 224 g/mol. The van der Waals surface area contributed by atoms with Gasteiger partial charge in [0.15, 0.2) is 0 Å². The molecule has 1 rings (SSSR count). The molecule has 1 aromatic rings. The Morgan fingerprint density at radius 3 is 2.33 bits per heavy atom. The highest BCUT2D eigenvalue weighted by Gasteiger charge is 2.20. The molecule has 0 atom stereocenters. The van der Waals surface area contributed by atoms with E-state index in [1.54, 1.807) is 13.8 Å². The van der Waals surface area contributed by atoms with Crippen LogP contribution in [0.15, 0.2) is 41.0 Å². The van der Waals surface area contributed by atoms with Crippen LogP contribution in [0.3, 0.4) is 0 Å². The first-order valence-electron chi connectivity index (χ1n) is 5.65. The molecule has 0 spiro atoms. The van der Waals surface area contributed by atoms with Gasteiger partial charge in [0, 0.05) is 11.8 Å². The number of nitrogens with zero attached hydrogens (tertiary/aromatic N) is 2. The Morgan fingerprint density at radius 1 is 1.28 bits per heavy atom. The lowest BCUT2D eigenvalue weighted by atomic mass is 9.91. The third kappa shape index (κ3) is 3.63. The van der Waals surface area contributed by atoms with Gasteiger partial charge in [-0.3, -0.25) is 0 Å². The molecule has 0 unspecified atom stereocenters. The molecule has 18 heavy (non-hydrogen) atoms. The van der Waals surface area contributed by atoms with Crippen LogP contribution in [-0.2, 0) is 0 Å². The molecule has 94 valence electrons. The van der Waals surface area contributed by atoms with Gasteiger partial charge in [0.05, 0.1) is 17.2 Å². The van der Waals surface area contributed by atoms with Crippen molar-refractivity contribution in [1.82, 2.24) is 0 Å². The standard InChI is InChI=1S/C14H18N4/c1-10-4-6-11(7-5-10)18-13(17)8-12(16)14(2,3)9-15/h4-8H,16H2,1-3H3,(H2,17,18)/b12-8-. The van der Waals surface area contributed by atoms with Crippen LogP contribution in [0.1, 0.15) is 19.4 Å². The topological polar surface area (TPSA) is 88.2 Å². The Hall–Kier alpha value is -2.28. The summed E-state index contributed by atoms with van der Waals surface area (Å²) in [4.78, 5) is 4.22. The fraction of sp³-hybridized carbons (Fsp3) is 0.286. The van der Waals surface area contributed by atoms with Crippen LogP contribution in [0.4, 0.5) is 5.69 Å². The molecule has 4 nitrogen and oxygen atoms in total. The first-order valence-corrected chi connectivity index (χ1v) is 5.65. The van der Waals surface area contributed by atoms with Crippen molar-refractivity contribution >= 4 is 11.5 Å². The molecule has 1 aromatic carbocycles. The zero-order valence-corrected chi connectivity index (χ0v) is 10.9. The normalized spacial score (nSPS) is 13.2. The number of hydrogen-bond acceptors (Lipinski definition) is 3. The minimum absolute atomic E-state index is 0.291. The van der Waals surface area contributed by atoms with Gasteiger partial charge in [0.1, 0.15) is 5.84 Å². The number of allylic oxidation sites excluding steroid dienone is 1. The van der Waals surface area contributed by atoms with Crippen molar-refractivity contribution in [2.75, 3.05) is 0 Å². The summed E-state index contributed by atoms with van der Waals surface area (Å²) in [5, 5.41) is 8.95. The molecule has 0 bridgehead atoms. The van der Waals surface area contributed by atoms with Gasteiger partial charge < -0.3 is 11.5 Å². The Morgan fingerprint density at radius 2 is 1.83 bits per heavy atom. The van der Waals surface area contributed by atoms with Crippen molar-refractivity contribution in [2.24, 2.45) is 21.9 Å². The van der Waals surface area contributed by atoms with Gasteiger partial charge in [-0.2, -0.15) is 5.26 Å². The zero-order chi connectivity index (χ0) is 13.8.